The molecule has 2 aromatic rings. The van der Waals surface area contributed by atoms with Gasteiger partial charge in [0.2, 0.25) is 0 Å². The average Bonchev–Trinajstić information content (AvgIpc) is 3.18. The van der Waals surface area contributed by atoms with E-state index < -0.39 is 0 Å². The molecule has 1 N–H and O–H groups in total. The van der Waals surface area contributed by atoms with Crippen molar-refractivity contribution in [3.63, 3.8) is 0 Å². The van der Waals surface area contributed by atoms with Crippen molar-refractivity contribution < 1.29 is 9.21 Å². The maximum Gasteiger partial charge on any atom is 0.287 e. The van der Waals surface area contributed by atoms with Crippen molar-refractivity contribution in [1.82, 2.24) is 10.2 Å². The summed E-state index contributed by atoms with van der Waals surface area (Å²) in [6.45, 7) is 1.52. The Balaban J connectivity index is 1.61. The fourth-order valence-electron chi connectivity index (χ4n) is 2.27. The van der Waals surface area contributed by atoms with Crippen molar-refractivity contribution in [1.29, 1.82) is 0 Å². The lowest BCUT2D eigenvalue weighted by Gasteiger charge is -2.15. The maximum atomic E-state index is 12.1. The van der Waals surface area contributed by atoms with E-state index >= 15 is 0 Å². The molecular weight excluding hydrogens is 320 g/mol. The molecule has 1 fully saturated rings. The monoisotopic (exact) mass is 336 g/mol. The van der Waals surface area contributed by atoms with Crippen LogP contribution in [0.25, 0.3) is 11.0 Å². The van der Waals surface area contributed by atoms with E-state index in [-0.39, 0.29) is 5.91 Å². The smallest absolute Gasteiger partial charge is 0.287 e. The number of hydrogen-bond donors (Lipinski definition) is 1. The molecule has 1 heterocycles. The van der Waals surface area contributed by atoms with Crippen molar-refractivity contribution in [3.05, 3.63) is 34.5 Å². The second kappa shape index (κ2) is 5.58. The van der Waals surface area contributed by atoms with Crippen LogP contribution in [0, 0.1) is 0 Å². The molecule has 1 aromatic carbocycles. The van der Waals surface area contributed by atoms with Crippen molar-refractivity contribution in [2.75, 3.05) is 20.1 Å². The van der Waals surface area contributed by atoms with Crippen molar-refractivity contribution in [2.24, 2.45) is 0 Å². The number of hydrogen-bond acceptors (Lipinski definition) is 3. The topological polar surface area (TPSA) is 45.5 Å². The van der Waals surface area contributed by atoms with E-state index in [0.717, 1.165) is 16.4 Å². The van der Waals surface area contributed by atoms with Gasteiger partial charge in [0.1, 0.15) is 5.58 Å². The standard InChI is InChI=1S/C15H17BrN2O2/c1-18(11-5-6-11)8-7-17-15(19)13-9-10-3-2-4-12(16)14(10)20-13/h2-4,9,11H,5-8H2,1H3,(H,17,19). The van der Waals surface area contributed by atoms with Crippen LogP contribution >= 0.6 is 15.9 Å². The Bertz CT molecular complexity index is 634. The zero-order chi connectivity index (χ0) is 14.1. The van der Waals surface area contributed by atoms with E-state index in [4.69, 9.17) is 4.42 Å². The number of rotatable bonds is 5. The molecular formula is C15H17BrN2O2. The molecule has 1 amide bonds. The van der Waals surface area contributed by atoms with Crippen molar-refractivity contribution in [3.8, 4) is 0 Å². The Labute approximate surface area is 126 Å². The summed E-state index contributed by atoms with van der Waals surface area (Å²) >= 11 is 3.42. The van der Waals surface area contributed by atoms with E-state index in [1.807, 2.05) is 18.2 Å². The number of benzene rings is 1. The second-order valence-electron chi connectivity index (χ2n) is 5.24. The largest absolute Gasteiger partial charge is 0.450 e. The van der Waals surface area contributed by atoms with Gasteiger partial charge in [0, 0.05) is 24.5 Å². The minimum absolute atomic E-state index is 0.155. The third-order valence-electron chi connectivity index (χ3n) is 3.64. The number of furan rings is 1. The van der Waals surface area contributed by atoms with Crippen molar-refractivity contribution in [2.45, 2.75) is 18.9 Å². The Kier molecular flexibility index (Phi) is 3.81. The lowest BCUT2D eigenvalue weighted by Crippen LogP contribution is -2.33. The van der Waals surface area contributed by atoms with Crippen LogP contribution in [-0.2, 0) is 0 Å². The highest BCUT2D eigenvalue weighted by Gasteiger charge is 2.25. The summed E-state index contributed by atoms with van der Waals surface area (Å²) in [5, 5.41) is 3.83. The molecule has 1 aliphatic carbocycles. The highest BCUT2D eigenvalue weighted by Crippen LogP contribution is 2.27. The first-order chi connectivity index (χ1) is 9.65. The highest BCUT2D eigenvalue weighted by molar-refractivity contribution is 9.10. The Morgan fingerprint density at radius 2 is 2.30 bits per heavy atom. The first kappa shape index (κ1) is 13.6. The molecule has 1 aliphatic rings. The van der Waals surface area contributed by atoms with E-state index in [2.05, 4.69) is 33.2 Å². The fourth-order valence-corrected chi connectivity index (χ4v) is 2.73. The number of fused-ring (bicyclic) bond motifs is 1. The molecule has 0 spiro atoms. The number of carbonyl (C=O) groups is 1. The SMILES string of the molecule is CN(CCNC(=O)c1cc2cccc(Br)c2o1)C1CC1. The maximum absolute atomic E-state index is 12.1. The van der Waals surface area contributed by atoms with Crippen molar-refractivity contribution >= 4 is 32.8 Å². The van der Waals surface area contributed by atoms with Gasteiger partial charge >= 0.3 is 0 Å². The number of likely N-dealkylation sites (N-methyl/N-ethyl adjacent to an activating group) is 1. The molecule has 0 aliphatic heterocycles. The van der Waals surface area contributed by atoms with Crippen LogP contribution in [0.3, 0.4) is 0 Å². The van der Waals surface area contributed by atoms with Crippen LogP contribution in [0.1, 0.15) is 23.4 Å². The molecule has 3 rings (SSSR count). The van der Waals surface area contributed by atoms with E-state index in [1.165, 1.54) is 12.8 Å². The summed E-state index contributed by atoms with van der Waals surface area (Å²) < 4.78 is 6.47. The normalized spacial score (nSPS) is 14.9. The van der Waals surface area contributed by atoms with E-state index in [9.17, 15) is 4.79 Å². The fraction of sp³-hybridized carbons (Fsp3) is 0.400. The predicted octanol–water partition coefficient (Wildman–Crippen LogP) is 3.02. The van der Waals surface area contributed by atoms with Crippen LogP contribution in [-0.4, -0.2) is 37.0 Å². The van der Waals surface area contributed by atoms with Crippen LogP contribution in [0.4, 0.5) is 0 Å². The van der Waals surface area contributed by atoms with Crippen LogP contribution in [0.2, 0.25) is 0 Å². The molecule has 1 saturated carbocycles. The molecule has 5 heteroatoms. The molecule has 0 saturated heterocycles. The lowest BCUT2D eigenvalue weighted by atomic mass is 10.2. The highest BCUT2D eigenvalue weighted by atomic mass is 79.9. The zero-order valence-corrected chi connectivity index (χ0v) is 12.9. The van der Waals surface area contributed by atoms with Gasteiger partial charge in [-0.3, -0.25) is 4.79 Å². The molecule has 0 radical (unpaired) electrons. The summed E-state index contributed by atoms with van der Waals surface area (Å²) in [6, 6.07) is 8.25. The van der Waals surface area contributed by atoms with Crippen LogP contribution in [0.15, 0.2) is 33.2 Å². The van der Waals surface area contributed by atoms with Gasteiger partial charge in [-0.2, -0.15) is 0 Å². The summed E-state index contributed by atoms with van der Waals surface area (Å²) in [5.74, 6) is 0.207. The lowest BCUT2D eigenvalue weighted by molar-refractivity contribution is 0.0924. The number of nitrogens with zero attached hydrogens (tertiary/aromatic N) is 1. The Morgan fingerprint density at radius 3 is 3.00 bits per heavy atom. The molecule has 106 valence electrons. The molecule has 0 unspecified atom stereocenters. The summed E-state index contributed by atoms with van der Waals surface area (Å²) in [4.78, 5) is 14.3. The molecule has 1 aromatic heterocycles. The van der Waals surface area contributed by atoms with Gasteiger partial charge in [-0.25, -0.2) is 0 Å². The number of halogens is 1. The van der Waals surface area contributed by atoms with E-state index in [1.54, 1.807) is 6.07 Å². The number of nitrogens with one attached hydrogen (secondary N) is 1. The summed E-state index contributed by atoms with van der Waals surface area (Å²) in [6.07, 6.45) is 2.56. The molecule has 0 atom stereocenters. The second-order valence-corrected chi connectivity index (χ2v) is 6.09. The molecule has 20 heavy (non-hydrogen) atoms. The van der Waals surface area contributed by atoms with Gasteiger partial charge in [0.15, 0.2) is 5.76 Å². The van der Waals surface area contributed by atoms with Gasteiger partial charge in [-0.05, 0) is 48.0 Å². The minimum Gasteiger partial charge on any atom is -0.450 e. The van der Waals surface area contributed by atoms with Crippen LogP contribution in [0.5, 0.6) is 0 Å². The third-order valence-corrected chi connectivity index (χ3v) is 4.26. The van der Waals surface area contributed by atoms with Gasteiger partial charge in [-0.1, -0.05) is 12.1 Å². The zero-order valence-electron chi connectivity index (χ0n) is 11.4. The quantitative estimate of drug-likeness (QED) is 0.912. The summed E-state index contributed by atoms with van der Waals surface area (Å²) in [7, 11) is 2.10. The van der Waals surface area contributed by atoms with Gasteiger partial charge < -0.3 is 14.6 Å². The average molecular weight is 337 g/mol. The molecule has 0 bridgehead atoms. The van der Waals surface area contributed by atoms with Gasteiger partial charge in [0.05, 0.1) is 4.47 Å². The van der Waals surface area contributed by atoms with Crippen LogP contribution < -0.4 is 5.32 Å². The van der Waals surface area contributed by atoms with Gasteiger partial charge in [-0.15, -0.1) is 0 Å². The first-order valence-corrected chi connectivity index (χ1v) is 7.61. The summed E-state index contributed by atoms with van der Waals surface area (Å²) in [5.41, 5.74) is 0.716. The first-order valence-electron chi connectivity index (χ1n) is 6.81. The molecule has 4 nitrogen and oxygen atoms in total. The Hall–Kier alpha value is -1.33. The van der Waals surface area contributed by atoms with Gasteiger partial charge in [0.25, 0.3) is 5.91 Å². The minimum atomic E-state index is -0.155. The third kappa shape index (κ3) is 2.88. The number of para-hydroxylation sites is 1. The van der Waals surface area contributed by atoms with E-state index in [0.29, 0.717) is 23.9 Å². The number of amides is 1. The Morgan fingerprint density at radius 1 is 1.50 bits per heavy atom. The predicted molar refractivity (Wildman–Crippen MR) is 81.9 cm³/mol. The number of carbonyl (C=O) groups excluding carboxylic acids is 1.